The first-order chi connectivity index (χ1) is 12.6. The normalized spacial score (nSPS) is 28.9. The number of fused-ring (bicyclic) bond motifs is 2. The molecule has 0 N–H and O–H groups in total. The van der Waals surface area contributed by atoms with E-state index in [0.717, 1.165) is 44.3 Å². The lowest BCUT2D eigenvalue weighted by atomic mass is 9.91. The van der Waals surface area contributed by atoms with Crippen LogP contribution in [0.4, 0.5) is 0 Å². The Hall–Kier alpha value is -2.11. The summed E-state index contributed by atoms with van der Waals surface area (Å²) in [6.07, 6.45) is 9.23. The Labute approximate surface area is 154 Å². The molecule has 3 aliphatic heterocycles. The maximum absolute atomic E-state index is 13.1. The smallest absolute Gasteiger partial charge is 0.226 e. The molecule has 2 amide bonds. The number of rotatable bonds is 3. The summed E-state index contributed by atoms with van der Waals surface area (Å²) in [5, 5.41) is 0. The van der Waals surface area contributed by atoms with Gasteiger partial charge in [-0.3, -0.25) is 14.6 Å². The Kier molecular flexibility index (Phi) is 4.83. The van der Waals surface area contributed by atoms with Gasteiger partial charge in [-0.15, -0.1) is 0 Å². The van der Waals surface area contributed by atoms with Crippen molar-refractivity contribution in [2.75, 3.05) is 13.1 Å². The van der Waals surface area contributed by atoms with Crippen LogP contribution in [0.2, 0.25) is 0 Å². The molecule has 0 saturated carbocycles. The quantitative estimate of drug-likeness (QED) is 0.832. The lowest BCUT2D eigenvalue weighted by molar-refractivity contribution is -0.145. The molecule has 1 aromatic heterocycles. The van der Waals surface area contributed by atoms with Gasteiger partial charge in [0, 0.05) is 57.1 Å². The molecule has 4 rings (SSSR count). The first-order valence-electron chi connectivity index (χ1n) is 9.76. The van der Waals surface area contributed by atoms with Gasteiger partial charge < -0.3 is 14.5 Å². The fraction of sp³-hybridized carbons (Fsp3) is 0.650. The van der Waals surface area contributed by atoms with Crippen molar-refractivity contribution in [3.05, 3.63) is 24.5 Å². The van der Waals surface area contributed by atoms with E-state index in [1.165, 1.54) is 0 Å². The lowest BCUT2D eigenvalue weighted by Crippen LogP contribution is -2.52. The van der Waals surface area contributed by atoms with Crippen LogP contribution in [0.5, 0.6) is 5.75 Å². The summed E-state index contributed by atoms with van der Waals surface area (Å²) in [5.74, 6) is 1.31. The highest BCUT2D eigenvalue weighted by atomic mass is 16.5. The largest absolute Gasteiger partial charge is 0.489 e. The van der Waals surface area contributed by atoms with Gasteiger partial charge in [-0.05, 0) is 37.8 Å². The van der Waals surface area contributed by atoms with Crippen molar-refractivity contribution in [3.63, 3.8) is 0 Å². The molecular weight excluding hydrogens is 330 g/mol. The van der Waals surface area contributed by atoms with E-state index in [2.05, 4.69) is 9.88 Å². The third kappa shape index (κ3) is 3.41. The van der Waals surface area contributed by atoms with Crippen molar-refractivity contribution in [2.24, 2.45) is 5.92 Å². The standard InChI is InChI=1S/C20H27N3O3/c1-14(24)22-9-6-15(7-10-22)20(25)23-16-4-5-17(23)12-19(11-16)26-18-3-2-8-21-13-18/h2-3,8,13,15-17,19H,4-7,9-12H2,1H3. The van der Waals surface area contributed by atoms with Gasteiger partial charge in [0.1, 0.15) is 11.9 Å². The fourth-order valence-corrected chi connectivity index (χ4v) is 4.84. The third-order valence-corrected chi connectivity index (χ3v) is 6.17. The summed E-state index contributed by atoms with van der Waals surface area (Å²) in [6.45, 7) is 3.03. The maximum atomic E-state index is 13.1. The predicted octanol–water partition coefficient (Wildman–Crippen LogP) is 2.24. The molecule has 0 spiro atoms. The Balaban J connectivity index is 1.36. The molecule has 3 saturated heterocycles. The van der Waals surface area contributed by atoms with E-state index in [0.29, 0.717) is 31.1 Å². The Morgan fingerprint density at radius 2 is 1.81 bits per heavy atom. The van der Waals surface area contributed by atoms with Gasteiger partial charge in [-0.2, -0.15) is 0 Å². The number of aromatic nitrogens is 1. The molecule has 140 valence electrons. The average molecular weight is 357 g/mol. The lowest BCUT2D eigenvalue weighted by Gasteiger charge is -2.42. The molecular formula is C20H27N3O3. The van der Waals surface area contributed by atoms with Crippen LogP contribution in [0.1, 0.15) is 45.4 Å². The number of amides is 2. The average Bonchev–Trinajstić information content (AvgIpc) is 2.92. The van der Waals surface area contributed by atoms with E-state index in [1.807, 2.05) is 17.0 Å². The van der Waals surface area contributed by atoms with E-state index in [4.69, 9.17) is 4.74 Å². The minimum Gasteiger partial charge on any atom is -0.489 e. The van der Waals surface area contributed by atoms with Gasteiger partial charge in [-0.1, -0.05) is 0 Å². The second kappa shape index (κ2) is 7.25. The molecule has 2 bridgehead atoms. The molecule has 0 radical (unpaired) electrons. The van der Waals surface area contributed by atoms with Crippen LogP contribution in [-0.2, 0) is 9.59 Å². The van der Waals surface area contributed by atoms with Crippen molar-refractivity contribution in [1.29, 1.82) is 0 Å². The zero-order valence-electron chi connectivity index (χ0n) is 15.3. The zero-order chi connectivity index (χ0) is 18.1. The minimum absolute atomic E-state index is 0.0736. The van der Waals surface area contributed by atoms with E-state index in [9.17, 15) is 9.59 Å². The molecule has 1 aromatic rings. The summed E-state index contributed by atoms with van der Waals surface area (Å²) in [5.41, 5.74) is 0. The molecule has 6 nitrogen and oxygen atoms in total. The van der Waals surface area contributed by atoms with Crippen molar-refractivity contribution in [2.45, 2.75) is 63.6 Å². The van der Waals surface area contributed by atoms with Crippen LogP contribution in [0.3, 0.4) is 0 Å². The maximum Gasteiger partial charge on any atom is 0.226 e. The molecule has 26 heavy (non-hydrogen) atoms. The topological polar surface area (TPSA) is 62.7 Å². The number of hydrogen-bond acceptors (Lipinski definition) is 4. The SMILES string of the molecule is CC(=O)N1CCC(C(=O)N2C3CCC2CC(Oc2cccnc2)C3)CC1. The molecule has 3 fully saturated rings. The first kappa shape index (κ1) is 17.3. The van der Waals surface area contributed by atoms with Crippen LogP contribution in [0, 0.1) is 5.92 Å². The van der Waals surface area contributed by atoms with Crippen molar-refractivity contribution in [3.8, 4) is 5.75 Å². The van der Waals surface area contributed by atoms with Crippen LogP contribution in [-0.4, -0.2) is 57.9 Å². The molecule has 3 aliphatic rings. The number of pyridine rings is 1. The second-order valence-electron chi connectivity index (χ2n) is 7.81. The van der Waals surface area contributed by atoms with Gasteiger partial charge in [0.05, 0.1) is 6.20 Å². The molecule has 0 aliphatic carbocycles. The number of nitrogens with zero attached hydrogens (tertiary/aromatic N) is 3. The highest BCUT2D eigenvalue weighted by Crippen LogP contribution is 2.39. The summed E-state index contributed by atoms with van der Waals surface area (Å²) >= 11 is 0. The summed E-state index contributed by atoms with van der Waals surface area (Å²) in [4.78, 5) is 32.7. The number of piperidine rings is 2. The molecule has 6 heteroatoms. The van der Waals surface area contributed by atoms with Gasteiger partial charge in [0.2, 0.25) is 11.8 Å². The van der Waals surface area contributed by atoms with Gasteiger partial charge >= 0.3 is 0 Å². The fourth-order valence-electron chi connectivity index (χ4n) is 4.84. The highest BCUT2D eigenvalue weighted by Gasteiger charge is 2.45. The van der Waals surface area contributed by atoms with E-state index < -0.39 is 0 Å². The van der Waals surface area contributed by atoms with Crippen molar-refractivity contribution in [1.82, 2.24) is 14.8 Å². The molecule has 2 atom stereocenters. The molecule has 0 aromatic carbocycles. The van der Waals surface area contributed by atoms with Crippen LogP contribution >= 0.6 is 0 Å². The molecule has 4 heterocycles. The molecule has 2 unspecified atom stereocenters. The number of likely N-dealkylation sites (tertiary alicyclic amines) is 1. The number of hydrogen-bond donors (Lipinski definition) is 0. The minimum atomic E-state index is 0.0736. The Morgan fingerprint density at radius 1 is 1.12 bits per heavy atom. The summed E-state index contributed by atoms with van der Waals surface area (Å²) in [7, 11) is 0. The number of carbonyl (C=O) groups is 2. The van der Waals surface area contributed by atoms with Gasteiger partial charge in [-0.25, -0.2) is 0 Å². The summed E-state index contributed by atoms with van der Waals surface area (Å²) < 4.78 is 6.11. The van der Waals surface area contributed by atoms with E-state index in [1.54, 1.807) is 19.3 Å². The number of ether oxygens (including phenoxy) is 1. The van der Waals surface area contributed by atoms with Gasteiger partial charge in [0.15, 0.2) is 0 Å². The van der Waals surface area contributed by atoms with Crippen molar-refractivity contribution < 1.29 is 14.3 Å². The predicted molar refractivity (Wildman–Crippen MR) is 96.5 cm³/mol. The first-order valence-corrected chi connectivity index (χ1v) is 9.76. The van der Waals surface area contributed by atoms with Gasteiger partial charge in [0.25, 0.3) is 0 Å². The Bertz CT molecular complexity index is 644. The third-order valence-electron chi connectivity index (χ3n) is 6.17. The Morgan fingerprint density at radius 3 is 2.38 bits per heavy atom. The zero-order valence-corrected chi connectivity index (χ0v) is 15.3. The van der Waals surface area contributed by atoms with Crippen LogP contribution in [0.25, 0.3) is 0 Å². The van der Waals surface area contributed by atoms with Crippen molar-refractivity contribution >= 4 is 11.8 Å². The van der Waals surface area contributed by atoms with E-state index in [-0.39, 0.29) is 17.9 Å². The van der Waals surface area contributed by atoms with Crippen LogP contribution in [0.15, 0.2) is 24.5 Å². The monoisotopic (exact) mass is 357 g/mol. The highest BCUT2D eigenvalue weighted by molar-refractivity contribution is 5.80. The number of carbonyl (C=O) groups excluding carboxylic acids is 2. The summed E-state index contributed by atoms with van der Waals surface area (Å²) in [6, 6.07) is 4.42. The van der Waals surface area contributed by atoms with Crippen LogP contribution < -0.4 is 4.74 Å². The second-order valence-corrected chi connectivity index (χ2v) is 7.81. The van der Waals surface area contributed by atoms with E-state index >= 15 is 0 Å².